The zero-order valence-corrected chi connectivity index (χ0v) is 9.02. The molecule has 0 saturated carbocycles. The van der Waals surface area contributed by atoms with Gasteiger partial charge in [-0.15, -0.1) is 0 Å². The van der Waals surface area contributed by atoms with Crippen LogP contribution in [0.5, 0.6) is 0 Å². The molecule has 80 valence electrons. The van der Waals surface area contributed by atoms with E-state index in [1.54, 1.807) is 0 Å². The van der Waals surface area contributed by atoms with Crippen molar-refractivity contribution in [3.8, 4) is 0 Å². The van der Waals surface area contributed by atoms with Crippen molar-refractivity contribution in [1.82, 2.24) is 10.6 Å². The first-order valence-corrected chi connectivity index (χ1v) is 4.95. The minimum atomic E-state index is -0.315. The van der Waals surface area contributed by atoms with E-state index in [0.717, 1.165) is 0 Å². The standard InChI is InChI=1S/C10H18N2O2/c1-10(2,3)6-11-9(14)7-4-5-8(13)12-7/h7H,4-6H2,1-3H3,(H,11,14)(H,12,13). The Kier molecular flexibility index (Phi) is 3.13. The van der Waals surface area contributed by atoms with Crippen LogP contribution in [0.3, 0.4) is 0 Å². The molecule has 1 fully saturated rings. The Labute approximate surface area is 84.4 Å². The van der Waals surface area contributed by atoms with Gasteiger partial charge in [-0.05, 0) is 11.8 Å². The van der Waals surface area contributed by atoms with Gasteiger partial charge in [0, 0.05) is 13.0 Å². The lowest BCUT2D eigenvalue weighted by molar-refractivity contribution is -0.126. The summed E-state index contributed by atoms with van der Waals surface area (Å²) in [6.45, 7) is 6.81. The Morgan fingerprint density at radius 1 is 1.57 bits per heavy atom. The van der Waals surface area contributed by atoms with Gasteiger partial charge in [0.2, 0.25) is 11.8 Å². The molecule has 0 aliphatic carbocycles. The fraction of sp³-hybridized carbons (Fsp3) is 0.800. The number of carbonyl (C=O) groups excluding carboxylic acids is 2. The summed E-state index contributed by atoms with van der Waals surface area (Å²) in [6, 6.07) is -0.315. The first-order valence-electron chi connectivity index (χ1n) is 4.95. The van der Waals surface area contributed by atoms with E-state index in [2.05, 4.69) is 31.4 Å². The third kappa shape index (κ3) is 3.36. The first kappa shape index (κ1) is 11.0. The van der Waals surface area contributed by atoms with Crippen LogP contribution < -0.4 is 10.6 Å². The summed E-state index contributed by atoms with van der Waals surface area (Å²) in [5.74, 6) is -0.0910. The van der Waals surface area contributed by atoms with Gasteiger partial charge in [0.25, 0.3) is 0 Å². The Balaban J connectivity index is 2.32. The molecule has 4 heteroatoms. The van der Waals surface area contributed by atoms with Crippen molar-refractivity contribution in [2.45, 2.75) is 39.7 Å². The van der Waals surface area contributed by atoms with Crippen LogP contribution in [-0.2, 0) is 9.59 Å². The monoisotopic (exact) mass is 198 g/mol. The molecule has 1 aliphatic heterocycles. The number of rotatable bonds is 2. The largest absolute Gasteiger partial charge is 0.354 e. The highest BCUT2D eigenvalue weighted by Gasteiger charge is 2.27. The molecule has 0 aromatic rings. The molecule has 2 amide bonds. The highest BCUT2D eigenvalue weighted by molar-refractivity contribution is 5.90. The van der Waals surface area contributed by atoms with Crippen molar-refractivity contribution in [2.24, 2.45) is 5.41 Å². The Morgan fingerprint density at radius 3 is 2.64 bits per heavy atom. The molecule has 0 aromatic heterocycles. The van der Waals surface area contributed by atoms with Gasteiger partial charge >= 0.3 is 0 Å². The van der Waals surface area contributed by atoms with E-state index in [1.807, 2.05) is 0 Å². The van der Waals surface area contributed by atoms with Gasteiger partial charge in [-0.3, -0.25) is 9.59 Å². The number of hydrogen-bond acceptors (Lipinski definition) is 2. The Bertz CT molecular complexity index is 243. The smallest absolute Gasteiger partial charge is 0.242 e. The maximum Gasteiger partial charge on any atom is 0.242 e. The maximum absolute atomic E-state index is 11.5. The van der Waals surface area contributed by atoms with Crippen molar-refractivity contribution in [3.05, 3.63) is 0 Å². The summed E-state index contributed by atoms with van der Waals surface area (Å²) in [7, 11) is 0. The average molecular weight is 198 g/mol. The lowest BCUT2D eigenvalue weighted by Crippen LogP contribution is -2.44. The summed E-state index contributed by atoms with van der Waals surface area (Å²) in [4.78, 5) is 22.4. The minimum Gasteiger partial charge on any atom is -0.354 e. The quantitative estimate of drug-likeness (QED) is 0.676. The third-order valence-electron chi connectivity index (χ3n) is 2.10. The zero-order chi connectivity index (χ0) is 10.8. The molecule has 1 unspecified atom stereocenters. The summed E-state index contributed by atoms with van der Waals surface area (Å²) in [5.41, 5.74) is 0.0816. The Morgan fingerprint density at radius 2 is 2.21 bits per heavy atom. The normalized spacial score (nSPS) is 21.9. The fourth-order valence-electron chi connectivity index (χ4n) is 1.29. The number of carbonyl (C=O) groups is 2. The predicted molar refractivity (Wildman–Crippen MR) is 53.6 cm³/mol. The molecule has 14 heavy (non-hydrogen) atoms. The summed E-state index contributed by atoms with van der Waals surface area (Å²) < 4.78 is 0. The van der Waals surface area contributed by atoms with Gasteiger partial charge in [-0.1, -0.05) is 20.8 Å². The molecule has 1 atom stereocenters. The van der Waals surface area contributed by atoms with Crippen LogP contribution in [0.1, 0.15) is 33.6 Å². The lowest BCUT2D eigenvalue weighted by atomic mass is 9.97. The maximum atomic E-state index is 11.5. The van der Waals surface area contributed by atoms with Gasteiger partial charge in [0.1, 0.15) is 6.04 Å². The molecule has 0 spiro atoms. The van der Waals surface area contributed by atoms with Gasteiger partial charge in [-0.25, -0.2) is 0 Å². The predicted octanol–water partition coefficient (Wildman–Crippen LogP) is 0.427. The van der Waals surface area contributed by atoms with Crippen molar-refractivity contribution in [1.29, 1.82) is 0 Å². The second kappa shape index (κ2) is 3.98. The van der Waals surface area contributed by atoms with Gasteiger partial charge in [-0.2, -0.15) is 0 Å². The number of amides is 2. The molecule has 1 heterocycles. The van der Waals surface area contributed by atoms with Crippen LogP contribution in [0.15, 0.2) is 0 Å². The van der Waals surface area contributed by atoms with E-state index in [1.165, 1.54) is 0 Å². The van der Waals surface area contributed by atoms with E-state index < -0.39 is 0 Å². The third-order valence-corrected chi connectivity index (χ3v) is 2.10. The lowest BCUT2D eigenvalue weighted by Gasteiger charge is -2.20. The highest BCUT2D eigenvalue weighted by atomic mass is 16.2. The van der Waals surface area contributed by atoms with E-state index in [0.29, 0.717) is 19.4 Å². The summed E-state index contributed by atoms with van der Waals surface area (Å²) in [5, 5.41) is 5.47. The van der Waals surface area contributed by atoms with Gasteiger partial charge in [0.05, 0.1) is 0 Å². The molecule has 1 rings (SSSR count). The molecule has 0 bridgehead atoms. The van der Waals surface area contributed by atoms with Crippen molar-refractivity contribution >= 4 is 11.8 Å². The topological polar surface area (TPSA) is 58.2 Å². The van der Waals surface area contributed by atoms with E-state index in [4.69, 9.17) is 0 Å². The van der Waals surface area contributed by atoms with E-state index in [9.17, 15) is 9.59 Å². The van der Waals surface area contributed by atoms with Crippen LogP contribution in [0.2, 0.25) is 0 Å². The molecule has 2 N–H and O–H groups in total. The van der Waals surface area contributed by atoms with Crippen molar-refractivity contribution in [3.63, 3.8) is 0 Å². The van der Waals surface area contributed by atoms with Crippen LogP contribution in [0, 0.1) is 5.41 Å². The van der Waals surface area contributed by atoms with Crippen LogP contribution in [0.25, 0.3) is 0 Å². The van der Waals surface area contributed by atoms with Gasteiger partial charge < -0.3 is 10.6 Å². The second-order valence-electron chi connectivity index (χ2n) is 4.94. The highest BCUT2D eigenvalue weighted by Crippen LogP contribution is 2.11. The van der Waals surface area contributed by atoms with Crippen molar-refractivity contribution < 1.29 is 9.59 Å². The zero-order valence-electron chi connectivity index (χ0n) is 9.02. The summed E-state index contributed by atoms with van der Waals surface area (Å²) >= 11 is 0. The Hall–Kier alpha value is -1.06. The fourth-order valence-corrected chi connectivity index (χ4v) is 1.29. The first-order chi connectivity index (χ1) is 6.38. The van der Waals surface area contributed by atoms with Crippen LogP contribution >= 0.6 is 0 Å². The van der Waals surface area contributed by atoms with E-state index >= 15 is 0 Å². The second-order valence-corrected chi connectivity index (χ2v) is 4.94. The molecular weight excluding hydrogens is 180 g/mol. The molecule has 1 aliphatic rings. The molecule has 1 saturated heterocycles. The molecule has 0 radical (unpaired) electrons. The SMILES string of the molecule is CC(C)(C)CNC(=O)C1CCC(=O)N1. The van der Waals surface area contributed by atoms with Crippen molar-refractivity contribution in [2.75, 3.05) is 6.54 Å². The van der Waals surface area contributed by atoms with Gasteiger partial charge in [0.15, 0.2) is 0 Å². The van der Waals surface area contributed by atoms with Crippen LogP contribution in [-0.4, -0.2) is 24.4 Å². The number of nitrogens with one attached hydrogen (secondary N) is 2. The number of hydrogen-bond donors (Lipinski definition) is 2. The summed E-state index contributed by atoms with van der Waals surface area (Å²) in [6.07, 6.45) is 1.09. The molecule has 0 aromatic carbocycles. The van der Waals surface area contributed by atoms with E-state index in [-0.39, 0.29) is 23.3 Å². The minimum absolute atomic E-state index is 0.0269. The van der Waals surface area contributed by atoms with Crippen LogP contribution in [0.4, 0.5) is 0 Å². The average Bonchev–Trinajstić information content (AvgIpc) is 2.46. The molecular formula is C10H18N2O2. The molecule has 4 nitrogen and oxygen atoms in total.